The molecule has 0 aromatic rings. The van der Waals surface area contributed by atoms with Crippen molar-refractivity contribution >= 4 is 39.7 Å². The van der Waals surface area contributed by atoms with Crippen LogP contribution in [-0.4, -0.2) is 49.6 Å². The molecular formula is C16H21NaO4S. The number of methoxy groups -OCH3 is 1. The van der Waals surface area contributed by atoms with Gasteiger partial charge in [-0.25, -0.2) is 0 Å². The average Bonchev–Trinajstić information content (AvgIpc) is 2.66. The van der Waals surface area contributed by atoms with Crippen molar-refractivity contribution in [2.45, 2.75) is 37.5 Å². The molecule has 0 aliphatic heterocycles. The summed E-state index contributed by atoms with van der Waals surface area (Å²) in [7, 11) is -2.69. The molecule has 0 saturated carbocycles. The number of ether oxygens (including phenoxy) is 1. The Morgan fingerprint density at radius 2 is 1.86 bits per heavy atom. The Morgan fingerprint density at radius 1 is 1.18 bits per heavy atom. The summed E-state index contributed by atoms with van der Waals surface area (Å²) in [5, 5.41) is 0. The molecule has 0 aromatic carbocycles. The second-order valence-corrected chi connectivity index (χ2v) is 6.43. The average molecular weight is 332 g/mol. The Labute approximate surface area is 154 Å². The molecular weight excluding hydrogens is 311 g/mol. The van der Waals surface area contributed by atoms with Crippen LogP contribution in [0.15, 0.2) is 35.2 Å². The Balaban J connectivity index is 0.00000242. The second kappa shape index (κ2) is 8.31. The standard InChI is InChI=1S/C16H20O4S.Na.H/c1-3-4-5-8-12-11-15(21(17,18)19)13-9-6-7-10-14(20-2)16(12)13;;/h6-7,9-11H,3-5,8H2,1-2H3,(H,17,18,19);;. The summed E-state index contributed by atoms with van der Waals surface area (Å²) in [6, 6.07) is 8.61. The van der Waals surface area contributed by atoms with Crippen LogP contribution in [0.2, 0.25) is 0 Å². The van der Waals surface area contributed by atoms with Gasteiger partial charge >= 0.3 is 29.6 Å². The first kappa shape index (κ1) is 19.5. The number of unbranched alkanes of at least 4 members (excludes halogenated alkanes) is 2. The third-order valence-corrected chi connectivity index (χ3v) is 4.47. The molecule has 6 heteroatoms. The zero-order chi connectivity index (χ0) is 15.5. The summed E-state index contributed by atoms with van der Waals surface area (Å²) < 4.78 is 38.0. The molecule has 116 valence electrons. The molecule has 2 aliphatic rings. The van der Waals surface area contributed by atoms with E-state index in [1.807, 2.05) is 0 Å². The van der Waals surface area contributed by atoms with E-state index in [4.69, 9.17) is 4.74 Å². The molecule has 0 aromatic heterocycles. The molecule has 22 heavy (non-hydrogen) atoms. The predicted molar refractivity (Wildman–Crippen MR) is 89.8 cm³/mol. The topological polar surface area (TPSA) is 63.6 Å². The van der Waals surface area contributed by atoms with Gasteiger partial charge < -0.3 is 4.74 Å². The van der Waals surface area contributed by atoms with E-state index in [-0.39, 0.29) is 34.5 Å². The van der Waals surface area contributed by atoms with Crippen molar-refractivity contribution in [3.8, 4) is 16.9 Å². The molecule has 0 heterocycles. The van der Waals surface area contributed by atoms with Crippen molar-refractivity contribution in [3.05, 3.63) is 35.9 Å². The first-order valence-corrected chi connectivity index (χ1v) is 8.49. The van der Waals surface area contributed by atoms with Crippen molar-refractivity contribution in [3.63, 3.8) is 0 Å². The molecule has 1 N–H and O–H groups in total. The van der Waals surface area contributed by atoms with Gasteiger partial charge in [0.15, 0.2) is 0 Å². The fraction of sp³-hybridized carbons (Fsp3) is 0.375. The maximum absolute atomic E-state index is 11.6. The number of rotatable bonds is 6. The van der Waals surface area contributed by atoms with Gasteiger partial charge in [-0.2, -0.15) is 8.42 Å². The third kappa shape index (κ3) is 4.24. The van der Waals surface area contributed by atoms with Crippen LogP contribution in [0.4, 0.5) is 0 Å². The Hall–Kier alpha value is -0.590. The maximum atomic E-state index is 11.6. The zero-order valence-electron chi connectivity index (χ0n) is 12.3. The van der Waals surface area contributed by atoms with Gasteiger partial charge in [-0.05, 0) is 30.5 Å². The molecule has 0 saturated heterocycles. The Bertz CT molecular complexity index is 698. The number of fused-ring (bicyclic) bond motifs is 1. The normalized spacial score (nSPS) is 11.2. The van der Waals surface area contributed by atoms with E-state index in [0.29, 0.717) is 11.3 Å². The van der Waals surface area contributed by atoms with Crippen molar-refractivity contribution in [2.24, 2.45) is 0 Å². The van der Waals surface area contributed by atoms with Crippen LogP contribution >= 0.6 is 0 Å². The van der Waals surface area contributed by atoms with Gasteiger partial charge in [0.05, 0.1) is 7.11 Å². The summed E-state index contributed by atoms with van der Waals surface area (Å²) in [6.07, 6.45) is 3.91. The van der Waals surface area contributed by atoms with Crippen LogP contribution in [0.3, 0.4) is 0 Å². The molecule has 0 radical (unpaired) electrons. The number of hydrogen-bond acceptors (Lipinski definition) is 3. The van der Waals surface area contributed by atoms with Gasteiger partial charge in [0, 0.05) is 11.1 Å². The molecule has 0 bridgehead atoms. The fourth-order valence-corrected chi connectivity index (χ4v) is 3.32. The molecule has 2 rings (SSSR count). The summed E-state index contributed by atoms with van der Waals surface area (Å²) in [5.74, 6) is 0.622. The van der Waals surface area contributed by atoms with E-state index in [9.17, 15) is 13.0 Å². The van der Waals surface area contributed by atoms with E-state index >= 15 is 0 Å². The van der Waals surface area contributed by atoms with Crippen LogP contribution in [0.5, 0.6) is 5.75 Å². The Morgan fingerprint density at radius 3 is 2.45 bits per heavy atom. The molecule has 0 fully saturated rings. The molecule has 4 nitrogen and oxygen atoms in total. The first-order valence-electron chi connectivity index (χ1n) is 7.05. The molecule has 0 atom stereocenters. The first-order chi connectivity index (χ1) is 9.99. The zero-order valence-corrected chi connectivity index (χ0v) is 13.1. The van der Waals surface area contributed by atoms with E-state index in [0.717, 1.165) is 36.8 Å². The van der Waals surface area contributed by atoms with E-state index in [2.05, 4.69) is 6.92 Å². The van der Waals surface area contributed by atoms with Crippen molar-refractivity contribution in [1.82, 2.24) is 0 Å². The monoisotopic (exact) mass is 332 g/mol. The van der Waals surface area contributed by atoms with Crippen molar-refractivity contribution < 1.29 is 17.7 Å². The van der Waals surface area contributed by atoms with E-state index in [1.165, 1.54) is 0 Å². The number of aryl methyl sites for hydroxylation is 1. The second-order valence-electron chi connectivity index (χ2n) is 5.04. The fourth-order valence-electron chi connectivity index (χ4n) is 2.58. The van der Waals surface area contributed by atoms with Crippen molar-refractivity contribution in [2.75, 3.05) is 7.11 Å². The Kier molecular flexibility index (Phi) is 7.35. The van der Waals surface area contributed by atoms with Crippen molar-refractivity contribution in [1.29, 1.82) is 0 Å². The van der Waals surface area contributed by atoms with Crippen LogP contribution in [-0.2, 0) is 16.5 Å². The molecule has 2 aliphatic carbocycles. The van der Waals surface area contributed by atoms with Crippen LogP contribution in [0.1, 0.15) is 31.7 Å². The quantitative estimate of drug-likeness (QED) is 0.501. The third-order valence-electron chi connectivity index (χ3n) is 3.58. The van der Waals surface area contributed by atoms with Gasteiger partial charge in [-0.3, -0.25) is 4.55 Å². The van der Waals surface area contributed by atoms with E-state index in [1.54, 1.807) is 37.4 Å². The molecule has 0 amide bonds. The SMILES string of the molecule is CCCCCc1cc(S(=O)(=O)O)c2ccccc(OC)c1-2.[NaH]. The summed E-state index contributed by atoms with van der Waals surface area (Å²) in [5.41, 5.74) is 2.18. The summed E-state index contributed by atoms with van der Waals surface area (Å²) in [6.45, 7) is 2.12. The van der Waals surface area contributed by atoms with Gasteiger partial charge in [0.2, 0.25) is 0 Å². The van der Waals surface area contributed by atoms with Gasteiger partial charge in [0.1, 0.15) is 10.6 Å². The van der Waals surface area contributed by atoms with E-state index < -0.39 is 10.1 Å². The molecule has 0 unspecified atom stereocenters. The summed E-state index contributed by atoms with van der Waals surface area (Å²) in [4.78, 5) is -0.0431. The van der Waals surface area contributed by atoms with Crippen LogP contribution in [0, 0.1) is 0 Å². The van der Waals surface area contributed by atoms with Gasteiger partial charge in [0.25, 0.3) is 10.1 Å². The molecule has 0 spiro atoms. The number of hydrogen-bond donors (Lipinski definition) is 1. The van der Waals surface area contributed by atoms with Crippen LogP contribution in [0.25, 0.3) is 11.1 Å². The van der Waals surface area contributed by atoms with Gasteiger partial charge in [-0.1, -0.05) is 38.0 Å². The van der Waals surface area contributed by atoms with Gasteiger partial charge in [-0.15, -0.1) is 0 Å². The van der Waals surface area contributed by atoms with Crippen LogP contribution < -0.4 is 4.74 Å². The minimum absolute atomic E-state index is 0. The minimum atomic E-state index is -4.25. The summed E-state index contributed by atoms with van der Waals surface area (Å²) >= 11 is 0. The predicted octanol–water partition coefficient (Wildman–Crippen LogP) is 3.13.